The SMILES string of the molecule is CC(C)Oc1ccccc1NC(=O)N1CCN(c2ccc([N+](=O)[O-])cc2)CC1. The van der Waals surface area contributed by atoms with Crippen molar-refractivity contribution in [1.82, 2.24) is 4.90 Å². The number of nitro benzene ring substituents is 1. The lowest BCUT2D eigenvalue weighted by atomic mass is 10.2. The van der Waals surface area contributed by atoms with E-state index in [1.54, 1.807) is 17.0 Å². The van der Waals surface area contributed by atoms with Crippen molar-refractivity contribution < 1.29 is 14.5 Å². The summed E-state index contributed by atoms with van der Waals surface area (Å²) >= 11 is 0. The molecule has 0 aromatic heterocycles. The third-order valence-electron chi connectivity index (χ3n) is 4.48. The Bertz CT molecular complexity index is 830. The molecule has 0 bridgehead atoms. The van der Waals surface area contributed by atoms with Crippen molar-refractivity contribution in [3.63, 3.8) is 0 Å². The Kier molecular flexibility index (Phi) is 5.98. The first-order chi connectivity index (χ1) is 13.4. The molecular weight excluding hydrogens is 360 g/mol. The highest BCUT2D eigenvalue weighted by atomic mass is 16.6. The van der Waals surface area contributed by atoms with E-state index in [0.29, 0.717) is 37.6 Å². The van der Waals surface area contributed by atoms with Gasteiger partial charge in [-0.1, -0.05) is 12.1 Å². The lowest BCUT2D eigenvalue weighted by Gasteiger charge is -2.36. The van der Waals surface area contributed by atoms with Gasteiger partial charge in [0.1, 0.15) is 5.75 Å². The number of rotatable bonds is 5. The maximum atomic E-state index is 12.6. The number of para-hydroxylation sites is 2. The fourth-order valence-electron chi connectivity index (χ4n) is 3.07. The number of ether oxygens (including phenoxy) is 1. The second-order valence-corrected chi connectivity index (χ2v) is 6.84. The Morgan fingerprint density at radius 1 is 1.07 bits per heavy atom. The van der Waals surface area contributed by atoms with Crippen LogP contribution in [0.4, 0.5) is 21.9 Å². The van der Waals surface area contributed by atoms with Crippen molar-refractivity contribution in [2.45, 2.75) is 20.0 Å². The lowest BCUT2D eigenvalue weighted by molar-refractivity contribution is -0.384. The zero-order valence-electron chi connectivity index (χ0n) is 16.0. The first-order valence-electron chi connectivity index (χ1n) is 9.25. The molecule has 0 saturated carbocycles. The summed E-state index contributed by atoms with van der Waals surface area (Å²) in [5.41, 5.74) is 1.64. The lowest BCUT2D eigenvalue weighted by Crippen LogP contribution is -2.50. The van der Waals surface area contributed by atoms with Gasteiger partial charge in [-0.2, -0.15) is 0 Å². The van der Waals surface area contributed by atoms with Crippen molar-refractivity contribution in [2.24, 2.45) is 0 Å². The van der Waals surface area contributed by atoms with Crippen LogP contribution in [0.15, 0.2) is 48.5 Å². The molecule has 1 aliphatic heterocycles. The number of non-ortho nitro benzene ring substituents is 1. The zero-order chi connectivity index (χ0) is 20.1. The predicted molar refractivity (Wildman–Crippen MR) is 108 cm³/mol. The fourth-order valence-corrected chi connectivity index (χ4v) is 3.07. The summed E-state index contributed by atoms with van der Waals surface area (Å²) in [5.74, 6) is 0.648. The largest absolute Gasteiger partial charge is 0.489 e. The maximum Gasteiger partial charge on any atom is 0.322 e. The number of hydrogen-bond acceptors (Lipinski definition) is 5. The third-order valence-corrected chi connectivity index (χ3v) is 4.48. The topological polar surface area (TPSA) is 88.0 Å². The molecule has 1 fully saturated rings. The van der Waals surface area contributed by atoms with Gasteiger partial charge in [0.05, 0.1) is 16.7 Å². The standard InChI is InChI=1S/C20H24N4O4/c1-15(2)28-19-6-4-3-5-18(19)21-20(25)23-13-11-22(12-14-23)16-7-9-17(10-8-16)24(26)27/h3-10,15H,11-14H2,1-2H3,(H,21,25). The normalized spacial score (nSPS) is 14.1. The van der Waals surface area contributed by atoms with Gasteiger partial charge in [0.15, 0.2) is 0 Å². The van der Waals surface area contributed by atoms with Crippen molar-refractivity contribution in [1.29, 1.82) is 0 Å². The molecule has 1 aliphatic rings. The van der Waals surface area contributed by atoms with E-state index < -0.39 is 4.92 Å². The highest BCUT2D eigenvalue weighted by Crippen LogP contribution is 2.26. The Hall–Kier alpha value is -3.29. The number of amides is 2. The van der Waals surface area contributed by atoms with E-state index in [4.69, 9.17) is 4.74 Å². The van der Waals surface area contributed by atoms with E-state index in [-0.39, 0.29) is 17.8 Å². The van der Waals surface area contributed by atoms with Gasteiger partial charge in [0.2, 0.25) is 0 Å². The molecule has 2 amide bonds. The number of nitrogens with zero attached hydrogens (tertiary/aromatic N) is 3. The number of anilines is 2. The number of hydrogen-bond donors (Lipinski definition) is 1. The van der Waals surface area contributed by atoms with Gasteiger partial charge in [-0.3, -0.25) is 10.1 Å². The molecule has 0 spiro atoms. The Morgan fingerprint density at radius 3 is 2.32 bits per heavy atom. The van der Waals surface area contributed by atoms with E-state index in [1.807, 2.05) is 38.1 Å². The number of nitrogens with one attached hydrogen (secondary N) is 1. The summed E-state index contributed by atoms with van der Waals surface area (Å²) in [6.07, 6.45) is 0.0169. The smallest absolute Gasteiger partial charge is 0.322 e. The van der Waals surface area contributed by atoms with E-state index >= 15 is 0 Å². The van der Waals surface area contributed by atoms with Crippen LogP contribution in [0.3, 0.4) is 0 Å². The van der Waals surface area contributed by atoms with Gasteiger partial charge in [-0.25, -0.2) is 4.79 Å². The molecule has 1 N–H and O–H groups in total. The average molecular weight is 384 g/mol. The molecular formula is C20H24N4O4. The predicted octanol–water partition coefficient (Wildman–Crippen LogP) is 3.74. The summed E-state index contributed by atoms with van der Waals surface area (Å²) < 4.78 is 5.75. The molecule has 8 nitrogen and oxygen atoms in total. The van der Waals surface area contributed by atoms with E-state index in [0.717, 1.165) is 5.69 Å². The molecule has 2 aromatic carbocycles. The van der Waals surface area contributed by atoms with Gasteiger partial charge < -0.3 is 19.9 Å². The average Bonchev–Trinajstić information content (AvgIpc) is 2.69. The number of carbonyl (C=O) groups excluding carboxylic acids is 1. The third kappa shape index (κ3) is 4.70. The first-order valence-corrected chi connectivity index (χ1v) is 9.25. The summed E-state index contributed by atoms with van der Waals surface area (Å²) in [5, 5.41) is 13.7. The molecule has 0 aliphatic carbocycles. The van der Waals surface area contributed by atoms with Crippen LogP contribution in [-0.2, 0) is 0 Å². The van der Waals surface area contributed by atoms with Gasteiger partial charge in [0, 0.05) is 44.0 Å². The molecule has 148 valence electrons. The van der Waals surface area contributed by atoms with Crippen molar-refractivity contribution in [2.75, 3.05) is 36.4 Å². The molecule has 0 radical (unpaired) electrons. The quantitative estimate of drug-likeness (QED) is 0.627. The van der Waals surface area contributed by atoms with Gasteiger partial charge in [0.25, 0.3) is 5.69 Å². The Labute approximate surface area is 163 Å². The van der Waals surface area contributed by atoms with E-state index in [2.05, 4.69) is 10.2 Å². The molecule has 0 atom stereocenters. The van der Waals surface area contributed by atoms with Crippen LogP contribution in [0, 0.1) is 10.1 Å². The number of nitro groups is 1. The van der Waals surface area contributed by atoms with Gasteiger partial charge in [-0.05, 0) is 38.1 Å². The highest BCUT2D eigenvalue weighted by molar-refractivity contribution is 5.91. The number of benzene rings is 2. The highest BCUT2D eigenvalue weighted by Gasteiger charge is 2.22. The number of urea groups is 1. The molecule has 8 heteroatoms. The minimum Gasteiger partial charge on any atom is -0.489 e. The van der Waals surface area contributed by atoms with Gasteiger partial charge >= 0.3 is 6.03 Å². The van der Waals surface area contributed by atoms with Crippen molar-refractivity contribution in [3.8, 4) is 5.75 Å². The Morgan fingerprint density at radius 2 is 1.71 bits per heavy atom. The second kappa shape index (κ2) is 8.60. The van der Waals surface area contributed by atoms with Crippen LogP contribution in [-0.4, -0.2) is 48.1 Å². The zero-order valence-corrected chi connectivity index (χ0v) is 16.0. The first kappa shape index (κ1) is 19.5. The molecule has 0 unspecified atom stereocenters. The van der Waals surface area contributed by atoms with Crippen LogP contribution in [0.5, 0.6) is 5.75 Å². The van der Waals surface area contributed by atoms with Crippen LogP contribution in [0.25, 0.3) is 0 Å². The van der Waals surface area contributed by atoms with E-state index in [1.165, 1.54) is 12.1 Å². The Balaban J connectivity index is 1.58. The molecule has 2 aromatic rings. The minimum absolute atomic E-state index is 0.0169. The summed E-state index contributed by atoms with van der Waals surface area (Å²) in [6, 6.07) is 13.7. The monoisotopic (exact) mass is 384 g/mol. The second-order valence-electron chi connectivity index (χ2n) is 6.84. The van der Waals surface area contributed by atoms with Crippen molar-refractivity contribution >= 4 is 23.1 Å². The molecule has 1 saturated heterocycles. The maximum absolute atomic E-state index is 12.6. The summed E-state index contributed by atoms with van der Waals surface area (Å²) in [6.45, 7) is 6.34. The van der Waals surface area contributed by atoms with Gasteiger partial charge in [-0.15, -0.1) is 0 Å². The minimum atomic E-state index is -0.410. The van der Waals surface area contributed by atoms with Crippen LogP contribution in [0.1, 0.15) is 13.8 Å². The molecule has 1 heterocycles. The molecule has 3 rings (SSSR count). The van der Waals surface area contributed by atoms with Crippen LogP contribution >= 0.6 is 0 Å². The molecule has 28 heavy (non-hydrogen) atoms. The summed E-state index contributed by atoms with van der Waals surface area (Å²) in [4.78, 5) is 26.9. The summed E-state index contributed by atoms with van der Waals surface area (Å²) in [7, 11) is 0. The number of piperazine rings is 1. The van der Waals surface area contributed by atoms with Crippen LogP contribution < -0.4 is 15.0 Å². The van der Waals surface area contributed by atoms with Crippen LogP contribution in [0.2, 0.25) is 0 Å². The number of carbonyl (C=O) groups is 1. The van der Waals surface area contributed by atoms with Crippen molar-refractivity contribution in [3.05, 3.63) is 58.6 Å². The van der Waals surface area contributed by atoms with E-state index in [9.17, 15) is 14.9 Å². The fraction of sp³-hybridized carbons (Fsp3) is 0.350.